The number of rotatable bonds is 9. The van der Waals surface area contributed by atoms with E-state index in [-0.39, 0.29) is 5.41 Å². The molecular weight excluding hydrogens is 1520 g/mol. The van der Waals surface area contributed by atoms with Crippen molar-refractivity contribution in [2.45, 2.75) is 116 Å². The van der Waals surface area contributed by atoms with E-state index in [0.29, 0.717) is 0 Å². The molecule has 126 heavy (non-hydrogen) atoms. The van der Waals surface area contributed by atoms with Gasteiger partial charge in [-0.2, -0.15) is 0 Å². The number of hydrogen-bond donors (Lipinski definition) is 0. The van der Waals surface area contributed by atoms with Crippen LogP contribution in [0, 0.1) is 96.9 Å². The van der Waals surface area contributed by atoms with Gasteiger partial charge in [-0.25, -0.2) is 0 Å². The molecule has 0 amide bonds. The van der Waals surface area contributed by atoms with Crippen molar-refractivity contribution in [3.05, 3.63) is 502 Å². The van der Waals surface area contributed by atoms with Gasteiger partial charge in [0.2, 0.25) is 0 Å². The highest BCUT2D eigenvalue weighted by molar-refractivity contribution is 6.05. The standard InChI is InChI=1S/4C20H18.C17H18.C14H12O.C14H14/c1-15-3-7-17(8-4-15)19-11-13-20(14-12-19)18-9-5-16(2)6-10-18;1-15-6-3-8-17(12-15)19-10-5-11-20(14-19)18-9-4-7-16(2)13-18;1-15-6-10-17(11-7-15)19-4-3-5-20(14-19)18-12-8-16(2)9-13-18;1-15-12-16(2)14-20(13-15)19-10-8-18(9-11-19)17-6-4-3-5-7-17;1-11-5-7-13-14-8-6-12(2)10-16(14)17(3,4)15(13)9-11;1-9-3-5-11-12-6-4-10(2)8-14(12)15-13(11)7-9;1-11-8-12(2)10-14(9-11)13-6-4-3-5-7-13/h4*3-14H,1-2H3;5-10H,1-4H3;3-8H,1-2H3;3-10H,1-2H3. The van der Waals surface area contributed by atoms with E-state index in [4.69, 9.17) is 4.42 Å². The Morgan fingerprint density at radius 2 is 0.349 bits per heavy atom. The number of fused-ring (bicyclic) bond motifs is 6. The van der Waals surface area contributed by atoms with E-state index in [2.05, 4.69) is 511 Å². The first kappa shape index (κ1) is 88.1. The van der Waals surface area contributed by atoms with Crippen LogP contribution in [0.4, 0.5) is 0 Å². The molecule has 19 aromatic rings. The molecule has 0 atom stereocenters. The van der Waals surface area contributed by atoms with Crippen molar-refractivity contribution < 1.29 is 4.42 Å². The van der Waals surface area contributed by atoms with Crippen molar-refractivity contribution in [2.75, 3.05) is 0 Å². The molecule has 1 aromatic heterocycles. The second-order valence-electron chi connectivity index (χ2n) is 34.8. The van der Waals surface area contributed by atoms with Crippen LogP contribution >= 0.6 is 0 Å². The first-order chi connectivity index (χ1) is 60.9. The highest BCUT2D eigenvalue weighted by Crippen LogP contribution is 2.49. The largest absolute Gasteiger partial charge is 0.456 e. The number of furan rings is 1. The van der Waals surface area contributed by atoms with Crippen LogP contribution in [0.2, 0.25) is 0 Å². The van der Waals surface area contributed by atoms with Gasteiger partial charge >= 0.3 is 0 Å². The molecule has 0 radical (unpaired) electrons. The minimum atomic E-state index is 0.142. The first-order valence-electron chi connectivity index (χ1n) is 44.1. The number of benzene rings is 18. The van der Waals surface area contributed by atoms with Gasteiger partial charge in [-0.15, -0.1) is 0 Å². The summed E-state index contributed by atoms with van der Waals surface area (Å²) >= 11 is 0. The molecule has 0 saturated heterocycles. The summed E-state index contributed by atoms with van der Waals surface area (Å²) in [5, 5.41) is 2.41. The minimum absolute atomic E-state index is 0.142. The fraction of sp³-hybridized carbons (Fsp3) is 0.136. The summed E-state index contributed by atoms with van der Waals surface area (Å²) in [6.45, 7) is 34.5. The van der Waals surface area contributed by atoms with Crippen LogP contribution in [0.3, 0.4) is 0 Å². The Labute approximate surface area is 750 Å². The minimum Gasteiger partial charge on any atom is -0.456 e. The van der Waals surface area contributed by atoms with E-state index in [1.807, 2.05) is 12.1 Å². The molecule has 1 aliphatic rings. The average molecular weight is 1630 g/mol. The molecule has 1 aliphatic carbocycles. The molecule has 18 aromatic carbocycles. The molecule has 0 aliphatic heterocycles. The van der Waals surface area contributed by atoms with Gasteiger partial charge in [0, 0.05) is 16.2 Å². The van der Waals surface area contributed by atoms with E-state index in [1.165, 1.54) is 211 Å². The first-order valence-corrected chi connectivity index (χ1v) is 44.1. The Balaban J connectivity index is 0.000000120. The van der Waals surface area contributed by atoms with Crippen molar-refractivity contribution in [3.63, 3.8) is 0 Å². The van der Waals surface area contributed by atoms with Crippen LogP contribution in [0.25, 0.3) is 133 Å². The summed E-state index contributed by atoms with van der Waals surface area (Å²) in [6, 6.07) is 148. The fourth-order valence-electron chi connectivity index (χ4n) is 16.6. The Hall–Kier alpha value is -14.2. The van der Waals surface area contributed by atoms with Crippen LogP contribution in [0.5, 0.6) is 0 Å². The Morgan fingerprint density at radius 3 is 0.659 bits per heavy atom. The highest BCUT2D eigenvalue weighted by Gasteiger charge is 2.35. The van der Waals surface area contributed by atoms with Gasteiger partial charge in [-0.1, -0.05) is 469 Å². The van der Waals surface area contributed by atoms with Crippen LogP contribution in [0.1, 0.15) is 103 Å². The summed E-state index contributed by atoms with van der Waals surface area (Å²) in [7, 11) is 0. The SMILES string of the molecule is Cc1cc(C)cc(-c2ccc(-c3ccccc3)cc2)c1.Cc1cc(C)cc(-c2ccccc2)c1.Cc1ccc(-c2ccc(-c3ccc(C)cc3)cc2)cc1.Cc1ccc(-c2cccc(-c3ccc(C)cc3)c2)cc1.Cc1ccc2c(c1)C(C)(C)c1cc(C)ccc1-2.Cc1ccc2c(c1)oc1cc(C)ccc12.Cc1cccc(-c2cccc(-c3cccc(C)c3)c2)c1. The summed E-state index contributed by atoms with van der Waals surface area (Å²) in [6.07, 6.45) is 0. The van der Waals surface area contributed by atoms with Crippen LogP contribution in [0.15, 0.2) is 417 Å². The zero-order valence-electron chi connectivity index (χ0n) is 76.2. The van der Waals surface area contributed by atoms with Crippen molar-refractivity contribution in [3.8, 4) is 111 Å². The number of hydrogen-bond acceptors (Lipinski definition) is 1. The predicted octanol–water partition coefficient (Wildman–Crippen LogP) is 35.3. The summed E-state index contributed by atoms with van der Waals surface area (Å²) < 4.78 is 5.81. The smallest absolute Gasteiger partial charge is 0.135 e. The van der Waals surface area contributed by atoms with Crippen molar-refractivity contribution in [2.24, 2.45) is 0 Å². The fourth-order valence-corrected chi connectivity index (χ4v) is 16.6. The number of aryl methyl sites for hydroxylation is 14. The van der Waals surface area contributed by atoms with Gasteiger partial charge in [0.25, 0.3) is 0 Å². The van der Waals surface area contributed by atoms with E-state index in [1.54, 1.807) is 0 Å². The Morgan fingerprint density at radius 1 is 0.143 bits per heavy atom. The molecule has 20 rings (SSSR count). The third-order valence-corrected chi connectivity index (χ3v) is 23.5. The molecular formula is C125H116O. The van der Waals surface area contributed by atoms with Gasteiger partial charge in [-0.05, 0) is 255 Å². The summed E-state index contributed by atoms with van der Waals surface area (Å²) in [5.74, 6) is 0. The lowest BCUT2D eigenvalue weighted by Crippen LogP contribution is -2.15. The molecule has 0 saturated carbocycles. The van der Waals surface area contributed by atoms with Gasteiger partial charge in [-0.3, -0.25) is 0 Å². The van der Waals surface area contributed by atoms with Gasteiger partial charge < -0.3 is 4.42 Å². The van der Waals surface area contributed by atoms with Gasteiger partial charge in [0.1, 0.15) is 11.2 Å². The third-order valence-electron chi connectivity index (χ3n) is 23.5. The Bertz CT molecular complexity index is 6520. The zero-order valence-corrected chi connectivity index (χ0v) is 76.2. The summed E-state index contributed by atoms with van der Waals surface area (Å²) in [5.41, 5.74) is 49.0. The van der Waals surface area contributed by atoms with Gasteiger partial charge in [0.05, 0.1) is 0 Å². The molecule has 1 heterocycles. The second-order valence-corrected chi connectivity index (χ2v) is 34.8. The lowest BCUT2D eigenvalue weighted by molar-refractivity contribution is 0.659. The lowest BCUT2D eigenvalue weighted by Gasteiger charge is -2.22. The molecule has 0 spiro atoms. The van der Waals surface area contributed by atoms with E-state index in [0.717, 1.165) is 11.2 Å². The van der Waals surface area contributed by atoms with Crippen LogP contribution in [-0.4, -0.2) is 0 Å². The van der Waals surface area contributed by atoms with Gasteiger partial charge in [0.15, 0.2) is 0 Å². The maximum absolute atomic E-state index is 5.81. The monoisotopic (exact) mass is 1630 g/mol. The average Bonchev–Trinajstić information content (AvgIpc) is 1.58. The molecule has 622 valence electrons. The molecule has 1 nitrogen and oxygen atoms in total. The maximum Gasteiger partial charge on any atom is 0.135 e. The van der Waals surface area contributed by atoms with Crippen molar-refractivity contribution in [1.82, 2.24) is 0 Å². The van der Waals surface area contributed by atoms with E-state index in [9.17, 15) is 0 Å². The normalized spacial score (nSPS) is 11.2. The van der Waals surface area contributed by atoms with Crippen molar-refractivity contribution >= 4 is 21.9 Å². The predicted molar refractivity (Wildman–Crippen MR) is 545 cm³/mol. The molecule has 0 fully saturated rings. The van der Waals surface area contributed by atoms with Crippen LogP contribution in [-0.2, 0) is 5.41 Å². The quantitative estimate of drug-likeness (QED) is 0.140. The third kappa shape index (κ3) is 23.0. The molecule has 0 N–H and O–H groups in total. The molecule has 1 heteroatoms. The Kier molecular flexibility index (Phi) is 28.5. The second kappa shape index (κ2) is 40.8. The summed E-state index contributed by atoms with van der Waals surface area (Å²) in [4.78, 5) is 0. The van der Waals surface area contributed by atoms with E-state index >= 15 is 0 Å². The van der Waals surface area contributed by atoms with Crippen molar-refractivity contribution in [1.29, 1.82) is 0 Å². The highest BCUT2D eigenvalue weighted by atomic mass is 16.3. The van der Waals surface area contributed by atoms with E-state index < -0.39 is 0 Å². The maximum atomic E-state index is 5.81. The lowest BCUT2D eigenvalue weighted by atomic mass is 9.81. The zero-order chi connectivity index (χ0) is 88.4. The van der Waals surface area contributed by atoms with Crippen LogP contribution < -0.4 is 0 Å². The molecule has 0 unspecified atom stereocenters. The topological polar surface area (TPSA) is 13.1 Å². The molecule has 0 bridgehead atoms.